The van der Waals surface area contributed by atoms with Gasteiger partial charge in [0.25, 0.3) is 0 Å². The third-order valence-electron chi connectivity index (χ3n) is 8.84. The number of rotatable bonds is 24. The van der Waals surface area contributed by atoms with E-state index in [4.69, 9.17) is 10.8 Å². The van der Waals surface area contributed by atoms with Crippen LogP contribution in [0.25, 0.3) is 0 Å². The van der Waals surface area contributed by atoms with Gasteiger partial charge in [-0.1, -0.05) is 147 Å². The van der Waals surface area contributed by atoms with E-state index >= 15 is 0 Å². The van der Waals surface area contributed by atoms with E-state index in [-0.39, 0.29) is 22.6 Å². The number of carboxylic acid groups (broad SMARTS) is 1. The zero-order chi connectivity index (χ0) is 33.3. The van der Waals surface area contributed by atoms with E-state index in [9.17, 15) is 14.7 Å². The molecule has 0 bridgehead atoms. The Morgan fingerprint density at radius 1 is 0.711 bits per heavy atom. The van der Waals surface area contributed by atoms with Gasteiger partial charge in [0.1, 0.15) is 11.3 Å². The highest BCUT2D eigenvalue weighted by atomic mass is 16.4. The molecule has 0 saturated heterocycles. The van der Waals surface area contributed by atoms with Crippen molar-refractivity contribution in [3.05, 3.63) is 65.2 Å². The number of phenols is 1. The third-order valence-corrected chi connectivity index (χ3v) is 8.84. The lowest BCUT2D eigenvalue weighted by atomic mass is 9.80. The quantitative estimate of drug-likeness (QED) is 0.0797. The highest BCUT2D eigenvalue weighted by Crippen LogP contribution is 2.26. The summed E-state index contributed by atoms with van der Waals surface area (Å²) >= 11 is 0. The number of ketones is 1. The summed E-state index contributed by atoms with van der Waals surface area (Å²) in [4.78, 5) is 22.7. The van der Waals surface area contributed by atoms with Crippen molar-refractivity contribution in [1.82, 2.24) is 0 Å². The second-order valence-corrected chi connectivity index (χ2v) is 13.5. The summed E-state index contributed by atoms with van der Waals surface area (Å²) in [5.41, 5.74) is 7.93. The van der Waals surface area contributed by atoms with Gasteiger partial charge in [0.15, 0.2) is 5.78 Å². The van der Waals surface area contributed by atoms with Crippen LogP contribution in [0.15, 0.2) is 48.5 Å². The maximum atomic E-state index is 11.9. The van der Waals surface area contributed by atoms with Crippen molar-refractivity contribution in [2.45, 2.75) is 162 Å². The Labute approximate surface area is 275 Å². The summed E-state index contributed by atoms with van der Waals surface area (Å²) in [6.45, 7) is 8.82. The van der Waals surface area contributed by atoms with Gasteiger partial charge in [0.2, 0.25) is 0 Å². The largest absolute Gasteiger partial charge is 0.507 e. The Balaban J connectivity index is 0.000000472. The number of carbonyl (C=O) groups is 2. The van der Waals surface area contributed by atoms with Crippen LogP contribution in [0, 0.1) is 5.92 Å². The number of hydrogen-bond donors (Lipinski definition) is 3. The summed E-state index contributed by atoms with van der Waals surface area (Å²) in [5.74, 6) is -1.03. The molecule has 2 aromatic rings. The number of aromatic hydroxyl groups is 1. The average molecular weight is 624 g/mol. The van der Waals surface area contributed by atoms with Gasteiger partial charge < -0.3 is 15.9 Å². The number of aromatic carboxylic acids is 1. The van der Waals surface area contributed by atoms with E-state index < -0.39 is 5.97 Å². The lowest BCUT2D eigenvalue weighted by Gasteiger charge is -2.31. The van der Waals surface area contributed by atoms with E-state index in [1.165, 1.54) is 114 Å². The molecule has 0 heterocycles. The number of Topliss-reactive ketones (excluding diaryl/α,β-unsaturated/α-hetero) is 1. The van der Waals surface area contributed by atoms with Gasteiger partial charge in [-0.2, -0.15) is 0 Å². The first-order valence-corrected chi connectivity index (χ1v) is 18.0. The molecule has 4 N–H and O–H groups in total. The SMILES string of the molecule is CCCCCCCC(=O)c1ccc(O)c(C(=O)O)c1.CCCCCCCCCCCCCCC(Cc1ccccc1)C(C)(C)N. The molecule has 2 aromatic carbocycles. The second-order valence-electron chi connectivity index (χ2n) is 13.5. The smallest absolute Gasteiger partial charge is 0.339 e. The number of benzene rings is 2. The minimum atomic E-state index is -1.23. The van der Waals surface area contributed by atoms with Gasteiger partial charge in [-0.25, -0.2) is 4.79 Å². The van der Waals surface area contributed by atoms with Gasteiger partial charge in [0.05, 0.1) is 0 Å². The van der Waals surface area contributed by atoms with Crippen molar-refractivity contribution in [3.8, 4) is 5.75 Å². The molecule has 0 spiro atoms. The van der Waals surface area contributed by atoms with Crippen molar-refractivity contribution in [1.29, 1.82) is 0 Å². The summed E-state index contributed by atoms with van der Waals surface area (Å²) < 4.78 is 0. The molecule has 45 heavy (non-hydrogen) atoms. The monoisotopic (exact) mass is 623 g/mol. The second kappa shape index (κ2) is 24.6. The number of carboxylic acids is 1. The molecule has 0 aliphatic rings. The molecule has 2 rings (SSSR count). The standard InChI is InChI=1S/C25H45N.C15H20O4/c1-4-5-6-7-8-9-10-11-12-13-14-18-21-24(25(2,3)26)22-23-19-16-15-17-20-23;1-2-3-4-5-6-7-13(16)11-8-9-14(17)12(10-11)15(18)19/h15-17,19-20,24H,4-14,18,21-22,26H2,1-3H3;8-10,17H,2-7H2,1H3,(H,18,19). The van der Waals surface area contributed by atoms with E-state index in [1.807, 2.05) is 0 Å². The Morgan fingerprint density at radius 3 is 1.69 bits per heavy atom. The number of carbonyl (C=O) groups excluding carboxylic acids is 1. The van der Waals surface area contributed by atoms with E-state index in [0.717, 1.165) is 32.1 Å². The van der Waals surface area contributed by atoms with Crippen molar-refractivity contribution >= 4 is 11.8 Å². The first-order chi connectivity index (χ1) is 21.6. The molecule has 254 valence electrons. The molecular weight excluding hydrogens is 558 g/mol. The number of nitrogens with two attached hydrogens (primary N) is 1. The zero-order valence-electron chi connectivity index (χ0n) is 29.1. The number of hydrogen-bond acceptors (Lipinski definition) is 4. The highest BCUT2D eigenvalue weighted by Gasteiger charge is 2.24. The molecule has 0 aromatic heterocycles. The predicted molar refractivity (Wildman–Crippen MR) is 190 cm³/mol. The summed E-state index contributed by atoms with van der Waals surface area (Å²) in [7, 11) is 0. The van der Waals surface area contributed by atoms with Crippen molar-refractivity contribution in [2.75, 3.05) is 0 Å². The van der Waals surface area contributed by atoms with Crippen LogP contribution >= 0.6 is 0 Å². The minimum Gasteiger partial charge on any atom is -0.507 e. The normalized spacial score (nSPS) is 11.9. The number of unbranched alkanes of at least 4 members (excludes halogenated alkanes) is 15. The van der Waals surface area contributed by atoms with Crippen LogP contribution in [0.5, 0.6) is 5.75 Å². The van der Waals surface area contributed by atoms with Gasteiger partial charge in [-0.15, -0.1) is 0 Å². The first kappa shape index (κ1) is 40.4. The Kier molecular flexibility index (Phi) is 22.0. The predicted octanol–water partition coefficient (Wildman–Crippen LogP) is 11.3. The van der Waals surface area contributed by atoms with Crippen LogP contribution in [0.4, 0.5) is 0 Å². The van der Waals surface area contributed by atoms with Crippen molar-refractivity contribution in [3.63, 3.8) is 0 Å². The maximum Gasteiger partial charge on any atom is 0.339 e. The van der Waals surface area contributed by atoms with Gasteiger partial charge in [-0.05, 0) is 62.8 Å². The van der Waals surface area contributed by atoms with Crippen LogP contribution in [0.2, 0.25) is 0 Å². The molecule has 1 atom stereocenters. The summed E-state index contributed by atoms with van der Waals surface area (Å²) in [6, 6.07) is 14.8. The maximum absolute atomic E-state index is 11.9. The van der Waals surface area contributed by atoms with Crippen LogP contribution in [-0.4, -0.2) is 27.5 Å². The van der Waals surface area contributed by atoms with E-state index in [2.05, 4.69) is 58.0 Å². The van der Waals surface area contributed by atoms with Gasteiger partial charge >= 0.3 is 5.97 Å². The van der Waals surface area contributed by atoms with Gasteiger partial charge in [-0.3, -0.25) is 4.79 Å². The molecule has 1 unspecified atom stereocenters. The average Bonchev–Trinajstić information content (AvgIpc) is 3.01. The van der Waals surface area contributed by atoms with Crippen LogP contribution in [-0.2, 0) is 6.42 Å². The van der Waals surface area contributed by atoms with Crippen LogP contribution in [0.1, 0.15) is 176 Å². The molecule has 5 nitrogen and oxygen atoms in total. The molecule has 0 radical (unpaired) electrons. The molecule has 0 amide bonds. The molecule has 0 aliphatic carbocycles. The highest BCUT2D eigenvalue weighted by molar-refractivity contribution is 5.99. The van der Waals surface area contributed by atoms with Crippen molar-refractivity contribution < 1.29 is 19.8 Å². The topological polar surface area (TPSA) is 101 Å². The lowest BCUT2D eigenvalue weighted by Crippen LogP contribution is -2.42. The fourth-order valence-electron chi connectivity index (χ4n) is 5.78. The molecule has 0 fully saturated rings. The summed E-state index contributed by atoms with van der Waals surface area (Å²) in [6.07, 6.45) is 25.1. The fraction of sp³-hybridized carbons (Fsp3) is 0.650. The van der Waals surface area contributed by atoms with Crippen LogP contribution in [0.3, 0.4) is 0 Å². The third kappa shape index (κ3) is 19.5. The van der Waals surface area contributed by atoms with Crippen LogP contribution < -0.4 is 5.73 Å². The summed E-state index contributed by atoms with van der Waals surface area (Å²) in [5, 5.41) is 18.2. The van der Waals surface area contributed by atoms with Gasteiger partial charge in [0, 0.05) is 17.5 Å². The Hall–Kier alpha value is -2.66. The Bertz CT molecular complexity index is 1040. The fourth-order valence-corrected chi connectivity index (χ4v) is 5.78. The zero-order valence-corrected chi connectivity index (χ0v) is 29.1. The molecule has 5 heteroatoms. The molecular formula is C40H65NO4. The molecule has 0 saturated carbocycles. The molecule has 0 aliphatic heterocycles. The lowest BCUT2D eigenvalue weighted by molar-refractivity contribution is 0.0693. The van der Waals surface area contributed by atoms with Crippen molar-refractivity contribution in [2.24, 2.45) is 11.7 Å². The Morgan fingerprint density at radius 2 is 1.20 bits per heavy atom. The van der Waals surface area contributed by atoms with E-state index in [0.29, 0.717) is 17.9 Å². The minimum absolute atomic E-state index is 0.0704. The van der Waals surface area contributed by atoms with E-state index in [1.54, 1.807) is 0 Å². The first-order valence-electron chi connectivity index (χ1n) is 18.0.